The van der Waals surface area contributed by atoms with Crippen LogP contribution in [-0.4, -0.2) is 41.8 Å². The molecule has 0 amide bonds. The molecule has 0 radical (unpaired) electrons. The van der Waals surface area contributed by atoms with Gasteiger partial charge in [-0.2, -0.15) is 15.0 Å². The van der Waals surface area contributed by atoms with Crippen molar-refractivity contribution in [2.75, 3.05) is 6.54 Å². The zero-order valence-electron chi connectivity index (χ0n) is 21.1. The van der Waals surface area contributed by atoms with E-state index in [2.05, 4.69) is 6.92 Å². The molecule has 0 heterocycles. The standard InChI is InChI=1S/C18H38N.C4H6O7S.2Na/c1-2-3-4-5-6-7-8-9-10-11-12-13-14-15-16-17-18-19;5-3(6)1-2(4(7)8)12(9,10)11;;/h19H,2-18H2,1H3;2H,1H2,(H,5,6)(H,7,8)(H,9,10,11);;/q-1;;2*+1/p-1. The van der Waals surface area contributed by atoms with E-state index in [1.165, 1.54) is 96.3 Å². The van der Waals surface area contributed by atoms with Crippen molar-refractivity contribution >= 4 is 22.1 Å². The summed E-state index contributed by atoms with van der Waals surface area (Å²) >= 11 is 0. The molecule has 8 nitrogen and oxygen atoms in total. The maximum Gasteiger partial charge on any atom is 1.00 e. The van der Waals surface area contributed by atoms with Gasteiger partial charge in [-0.05, 0) is 0 Å². The molecule has 0 fully saturated rings. The molecule has 186 valence electrons. The van der Waals surface area contributed by atoms with Crippen LogP contribution in [-0.2, 0) is 19.7 Å². The summed E-state index contributed by atoms with van der Waals surface area (Å²) in [5.74, 6) is -3.79. The average molecular weight is 512 g/mol. The Kier molecular flexibility index (Phi) is 36.0. The van der Waals surface area contributed by atoms with Crippen LogP contribution in [0.25, 0.3) is 5.73 Å². The quantitative estimate of drug-likeness (QED) is 0.118. The molecule has 1 atom stereocenters. The van der Waals surface area contributed by atoms with Crippen LogP contribution in [0.2, 0.25) is 0 Å². The molecule has 0 aliphatic rings. The predicted molar refractivity (Wildman–Crippen MR) is 121 cm³/mol. The third kappa shape index (κ3) is 32.8. The molecule has 11 heteroatoms. The van der Waals surface area contributed by atoms with Gasteiger partial charge >= 0.3 is 65.1 Å². The molecule has 1 unspecified atom stereocenters. The Bertz CT molecular complexity index is 533. The molecule has 33 heavy (non-hydrogen) atoms. The van der Waals surface area contributed by atoms with E-state index >= 15 is 0 Å². The number of nitrogens with one attached hydrogen (secondary N) is 1. The van der Waals surface area contributed by atoms with E-state index in [0.29, 0.717) is 6.54 Å². The van der Waals surface area contributed by atoms with Crippen molar-refractivity contribution in [3.63, 3.8) is 0 Å². The van der Waals surface area contributed by atoms with Gasteiger partial charge in [0.1, 0.15) is 5.25 Å². The van der Waals surface area contributed by atoms with Crippen molar-refractivity contribution in [1.82, 2.24) is 0 Å². The first-order valence-electron chi connectivity index (χ1n) is 11.7. The number of rotatable bonds is 20. The maximum absolute atomic E-state index is 10.2. The minimum Gasteiger partial charge on any atom is -0.677 e. The van der Waals surface area contributed by atoms with Gasteiger partial charge in [0.05, 0.1) is 12.4 Å². The van der Waals surface area contributed by atoms with Gasteiger partial charge in [-0.1, -0.05) is 110 Å². The van der Waals surface area contributed by atoms with Crippen molar-refractivity contribution in [3.05, 3.63) is 5.73 Å². The van der Waals surface area contributed by atoms with Crippen LogP contribution >= 0.6 is 0 Å². The summed E-state index contributed by atoms with van der Waals surface area (Å²) in [5, 5.41) is 15.6. The summed E-state index contributed by atoms with van der Waals surface area (Å²) in [6.07, 6.45) is 21.3. The van der Waals surface area contributed by atoms with Gasteiger partial charge in [0, 0.05) is 0 Å². The number of carbonyl (C=O) groups is 2. The van der Waals surface area contributed by atoms with Crippen molar-refractivity contribution < 1.29 is 91.9 Å². The van der Waals surface area contributed by atoms with Crippen molar-refractivity contribution in [3.8, 4) is 0 Å². The first-order chi connectivity index (χ1) is 14.7. The maximum atomic E-state index is 10.2. The van der Waals surface area contributed by atoms with E-state index in [0.717, 1.165) is 6.42 Å². The summed E-state index contributed by atoms with van der Waals surface area (Å²) in [4.78, 5) is 19.9. The number of hydrogen-bond donors (Lipinski definition) is 2. The van der Waals surface area contributed by atoms with Crippen LogP contribution in [0.4, 0.5) is 0 Å². The van der Waals surface area contributed by atoms with Gasteiger partial charge in [-0.15, -0.1) is 0 Å². The normalized spacial score (nSPS) is 11.4. The summed E-state index contributed by atoms with van der Waals surface area (Å²) in [6, 6.07) is 0. The third-order valence-electron chi connectivity index (χ3n) is 5.01. The topological polar surface area (TPSA) is 156 Å². The van der Waals surface area contributed by atoms with Crippen molar-refractivity contribution in [2.24, 2.45) is 0 Å². The van der Waals surface area contributed by atoms with Crippen LogP contribution in [0.1, 0.15) is 116 Å². The fraction of sp³-hybridized carbons (Fsp3) is 0.909. The Morgan fingerprint density at radius 2 is 1.06 bits per heavy atom. The third-order valence-corrected chi connectivity index (χ3v) is 6.09. The molecule has 0 saturated carbocycles. The largest absolute Gasteiger partial charge is 1.00 e. The number of carboxylic acids is 2. The van der Waals surface area contributed by atoms with E-state index < -0.39 is 33.7 Å². The Morgan fingerprint density at radius 3 is 1.24 bits per heavy atom. The Morgan fingerprint density at radius 1 is 0.758 bits per heavy atom. The molecule has 0 aliphatic heterocycles. The number of hydrogen-bond acceptors (Lipinski definition) is 5. The molecule has 0 aromatic carbocycles. The zero-order valence-corrected chi connectivity index (χ0v) is 26.0. The molecular weight excluding hydrogens is 468 g/mol. The fourth-order valence-corrected chi connectivity index (χ4v) is 3.74. The van der Waals surface area contributed by atoms with Gasteiger partial charge in [0.25, 0.3) is 10.1 Å². The van der Waals surface area contributed by atoms with E-state index in [9.17, 15) is 23.1 Å². The molecule has 0 rings (SSSR count). The molecule has 3 N–H and O–H groups in total. The zero-order chi connectivity index (χ0) is 24.0. The van der Waals surface area contributed by atoms with E-state index in [1.807, 2.05) is 0 Å². The van der Waals surface area contributed by atoms with Gasteiger partial charge in [0.15, 0.2) is 0 Å². The number of unbranched alkanes of at least 4 members (excludes halogenated alkanes) is 15. The SMILES string of the molecule is CCCCCCCCCCCCCCCCCC[NH-].O=C(O)CC(C(=O)[O-])S(=O)(=O)O.[Na+].[Na+]. The molecule has 0 saturated heterocycles. The summed E-state index contributed by atoms with van der Waals surface area (Å²) in [6.45, 7) is 2.91. The summed E-state index contributed by atoms with van der Waals surface area (Å²) < 4.78 is 28.5. The monoisotopic (exact) mass is 511 g/mol. The van der Waals surface area contributed by atoms with Crippen LogP contribution in [0.3, 0.4) is 0 Å². The van der Waals surface area contributed by atoms with Gasteiger partial charge < -0.3 is 20.7 Å². The fourth-order valence-electron chi connectivity index (χ4n) is 3.14. The molecule has 0 aromatic rings. The Labute approximate surface area is 245 Å². The average Bonchev–Trinajstić information content (AvgIpc) is 2.68. The minimum atomic E-state index is -4.90. The second-order valence-corrected chi connectivity index (χ2v) is 9.57. The van der Waals surface area contributed by atoms with Crippen LogP contribution in [0, 0.1) is 0 Å². The number of aliphatic carboxylic acids is 2. The number of carboxylic acid groups (broad SMARTS) is 2. The van der Waals surface area contributed by atoms with E-state index in [4.69, 9.17) is 15.4 Å². The number of carbonyl (C=O) groups excluding carboxylic acids is 1. The van der Waals surface area contributed by atoms with Crippen molar-refractivity contribution in [1.29, 1.82) is 0 Å². The van der Waals surface area contributed by atoms with Crippen LogP contribution in [0.5, 0.6) is 0 Å². The molecule has 0 aromatic heterocycles. The second-order valence-electron chi connectivity index (χ2n) is 7.97. The Hall–Kier alpha value is 0.810. The van der Waals surface area contributed by atoms with Gasteiger partial charge in [-0.3, -0.25) is 9.35 Å². The van der Waals surface area contributed by atoms with Crippen molar-refractivity contribution in [2.45, 2.75) is 121 Å². The smallest absolute Gasteiger partial charge is 0.677 e. The minimum absolute atomic E-state index is 0. The second kappa shape index (κ2) is 29.0. The van der Waals surface area contributed by atoms with E-state index in [1.54, 1.807) is 0 Å². The first kappa shape index (κ1) is 41.0. The van der Waals surface area contributed by atoms with Crippen LogP contribution < -0.4 is 64.2 Å². The summed E-state index contributed by atoms with van der Waals surface area (Å²) in [5.41, 5.74) is 7.08. The molecular formula is C22H43NNa2O7S. The van der Waals surface area contributed by atoms with Crippen LogP contribution in [0.15, 0.2) is 0 Å². The van der Waals surface area contributed by atoms with E-state index in [-0.39, 0.29) is 59.1 Å². The first-order valence-corrected chi connectivity index (χ1v) is 13.2. The Balaban J connectivity index is -0.000000262. The molecule has 0 bridgehead atoms. The van der Waals surface area contributed by atoms with Gasteiger partial charge in [-0.25, -0.2) is 0 Å². The van der Waals surface area contributed by atoms with Gasteiger partial charge in [0.2, 0.25) is 0 Å². The predicted octanol–water partition coefficient (Wildman–Crippen LogP) is -1.22. The molecule has 0 spiro atoms. The molecule has 0 aliphatic carbocycles. The summed E-state index contributed by atoms with van der Waals surface area (Å²) in [7, 11) is -4.90.